The van der Waals surface area contributed by atoms with Gasteiger partial charge in [-0.3, -0.25) is 4.79 Å². The van der Waals surface area contributed by atoms with Crippen LogP contribution in [0.25, 0.3) is 22.2 Å². The number of benzene rings is 2. The van der Waals surface area contributed by atoms with Crippen molar-refractivity contribution in [2.24, 2.45) is 0 Å². The van der Waals surface area contributed by atoms with E-state index >= 15 is 0 Å². The molecule has 0 saturated carbocycles. The SMILES string of the molecule is O=Cc1cc2ccc(F)cc2nc1-c1ccccc1. The van der Waals surface area contributed by atoms with Gasteiger partial charge in [0.15, 0.2) is 6.29 Å². The Kier molecular flexibility index (Phi) is 2.80. The molecule has 2 aromatic carbocycles. The number of hydrogen-bond acceptors (Lipinski definition) is 2. The molecule has 1 aromatic heterocycles. The van der Waals surface area contributed by atoms with Crippen molar-refractivity contribution in [3.8, 4) is 11.3 Å². The van der Waals surface area contributed by atoms with E-state index in [0.717, 1.165) is 17.2 Å². The van der Waals surface area contributed by atoms with Crippen LogP contribution in [-0.4, -0.2) is 11.3 Å². The number of carbonyl (C=O) groups is 1. The Morgan fingerprint density at radius 1 is 1.00 bits per heavy atom. The number of carbonyl (C=O) groups excluding carboxylic acids is 1. The third kappa shape index (κ3) is 2.10. The minimum atomic E-state index is -0.335. The van der Waals surface area contributed by atoms with Crippen LogP contribution >= 0.6 is 0 Å². The molecule has 0 aliphatic rings. The third-order valence-electron chi connectivity index (χ3n) is 2.98. The van der Waals surface area contributed by atoms with Gasteiger partial charge in [0.1, 0.15) is 5.82 Å². The van der Waals surface area contributed by atoms with Gasteiger partial charge < -0.3 is 0 Å². The van der Waals surface area contributed by atoms with Crippen molar-refractivity contribution in [2.75, 3.05) is 0 Å². The quantitative estimate of drug-likeness (QED) is 0.647. The van der Waals surface area contributed by atoms with Crippen molar-refractivity contribution in [3.05, 3.63) is 66.0 Å². The fraction of sp³-hybridized carbons (Fsp3) is 0. The van der Waals surface area contributed by atoms with Gasteiger partial charge in [-0.15, -0.1) is 0 Å². The summed E-state index contributed by atoms with van der Waals surface area (Å²) in [5.41, 5.74) is 2.47. The molecule has 1 heterocycles. The minimum absolute atomic E-state index is 0.335. The average Bonchev–Trinajstić information content (AvgIpc) is 2.46. The molecule has 0 atom stereocenters. The standard InChI is InChI=1S/C16H10FNO/c17-14-7-6-12-8-13(10-19)16(18-15(12)9-14)11-4-2-1-3-5-11/h1-10H. The van der Waals surface area contributed by atoms with Crippen LogP contribution in [0.4, 0.5) is 4.39 Å². The first-order valence-corrected chi connectivity index (χ1v) is 5.89. The normalized spacial score (nSPS) is 10.6. The van der Waals surface area contributed by atoms with E-state index in [4.69, 9.17) is 0 Å². The Labute approximate surface area is 109 Å². The highest BCUT2D eigenvalue weighted by molar-refractivity contribution is 5.93. The van der Waals surface area contributed by atoms with Gasteiger partial charge in [-0.05, 0) is 18.2 Å². The lowest BCUT2D eigenvalue weighted by atomic mass is 10.0. The molecule has 0 saturated heterocycles. The van der Waals surface area contributed by atoms with Crippen LogP contribution in [0.3, 0.4) is 0 Å². The Morgan fingerprint density at radius 2 is 1.79 bits per heavy atom. The molecule has 0 aliphatic heterocycles. The van der Waals surface area contributed by atoms with Crippen LogP contribution in [0.15, 0.2) is 54.6 Å². The molecule has 19 heavy (non-hydrogen) atoms. The number of rotatable bonds is 2. The zero-order valence-corrected chi connectivity index (χ0v) is 10.0. The molecule has 0 unspecified atom stereocenters. The Hall–Kier alpha value is -2.55. The zero-order valence-electron chi connectivity index (χ0n) is 10.0. The molecule has 3 rings (SSSR count). The number of nitrogens with zero attached hydrogens (tertiary/aromatic N) is 1. The summed E-state index contributed by atoms with van der Waals surface area (Å²) in [6.07, 6.45) is 0.776. The first-order chi connectivity index (χ1) is 9.28. The average molecular weight is 251 g/mol. The molecule has 3 aromatic rings. The van der Waals surface area contributed by atoms with E-state index in [1.54, 1.807) is 12.1 Å². The summed E-state index contributed by atoms with van der Waals surface area (Å²) in [5.74, 6) is -0.335. The van der Waals surface area contributed by atoms with Crippen LogP contribution in [0, 0.1) is 5.82 Å². The van der Waals surface area contributed by atoms with Gasteiger partial charge in [-0.2, -0.15) is 0 Å². The van der Waals surface area contributed by atoms with Crippen LogP contribution in [0.2, 0.25) is 0 Å². The van der Waals surface area contributed by atoms with E-state index < -0.39 is 0 Å². The highest BCUT2D eigenvalue weighted by atomic mass is 19.1. The van der Waals surface area contributed by atoms with Crippen LogP contribution in [0.5, 0.6) is 0 Å². The molecule has 92 valence electrons. The largest absolute Gasteiger partial charge is 0.298 e. The maximum atomic E-state index is 13.2. The Bertz CT molecular complexity index is 753. The van der Waals surface area contributed by atoms with Crippen LogP contribution < -0.4 is 0 Å². The number of fused-ring (bicyclic) bond motifs is 1. The molecule has 3 heteroatoms. The highest BCUT2D eigenvalue weighted by Crippen LogP contribution is 2.24. The predicted molar refractivity (Wildman–Crippen MR) is 72.5 cm³/mol. The number of pyridine rings is 1. The summed E-state index contributed by atoms with van der Waals surface area (Å²) >= 11 is 0. The second kappa shape index (κ2) is 4.61. The smallest absolute Gasteiger partial charge is 0.152 e. The molecular weight excluding hydrogens is 241 g/mol. The van der Waals surface area contributed by atoms with E-state index in [2.05, 4.69) is 4.98 Å². The van der Waals surface area contributed by atoms with Gasteiger partial charge in [0.2, 0.25) is 0 Å². The van der Waals surface area contributed by atoms with Crippen molar-refractivity contribution in [1.29, 1.82) is 0 Å². The molecule has 0 spiro atoms. The third-order valence-corrected chi connectivity index (χ3v) is 2.98. The molecule has 0 bridgehead atoms. The van der Waals surface area contributed by atoms with E-state index in [1.165, 1.54) is 12.1 Å². The second-order valence-corrected chi connectivity index (χ2v) is 4.25. The maximum Gasteiger partial charge on any atom is 0.152 e. The topological polar surface area (TPSA) is 30.0 Å². The summed E-state index contributed by atoms with van der Waals surface area (Å²) in [5, 5.41) is 0.753. The molecule has 0 N–H and O–H groups in total. The molecule has 0 amide bonds. The number of aldehydes is 1. The fourth-order valence-electron chi connectivity index (χ4n) is 2.07. The number of hydrogen-bond donors (Lipinski definition) is 0. The highest BCUT2D eigenvalue weighted by Gasteiger charge is 2.08. The number of aromatic nitrogens is 1. The van der Waals surface area contributed by atoms with Gasteiger partial charge in [0.25, 0.3) is 0 Å². The van der Waals surface area contributed by atoms with Crippen LogP contribution in [-0.2, 0) is 0 Å². The van der Waals surface area contributed by atoms with Crippen molar-refractivity contribution in [1.82, 2.24) is 4.98 Å². The molecule has 2 nitrogen and oxygen atoms in total. The predicted octanol–water partition coefficient (Wildman–Crippen LogP) is 3.85. The van der Waals surface area contributed by atoms with E-state index in [9.17, 15) is 9.18 Å². The number of halogens is 1. The van der Waals surface area contributed by atoms with Crippen molar-refractivity contribution in [2.45, 2.75) is 0 Å². The maximum absolute atomic E-state index is 13.2. The molecule has 0 aliphatic carbocycles. The van der Waals surface area contributed by atoms with Gasteiger partial charge in [-0.25, -0.2) is 9.37 Å². The minimum Gasteiger partial charge on any atom is -0.298 e. The molecule has 0 radical (unpaired) electrons. The first kappa shape index (κ1) is 11.5. The lowest BCUT2D eigenvalue weighted by molar-refractivity contribution is 0.112. The van der Waals surface area contributed by atoms with Gasteiger partial charge in [0.05, 0.1) is 11.2 Å². The fourth-order valence-corrected chi connectivity index (χ4v) is 2.07. The Balaban J connectivity index is 2.31. The summed E-state index contributed by atoms with van der Waals surface area (Å²) in [6, 6.07) is 15.5. The lowest BCUT2D eigenvalue weighted by Crippen LogP contribution is -1.93. The lowest BCUT2D eigenvalue weighted by Gasteiger charge is -2.06. The second-order valence-electron chi connectivity index (χ2n) is 4.25. The summed E-state index contributed by atoms with van der Waals surface area (Å²) < 4.78 is 13.2. The van der Waals surface area contributed by atoms with E-state index in [0.29, 0.717) is 16.8 Å². The van der Waals surface area contributed by atoms with Crippen molar-refractivity contribution in [3.63, 3.8) is 0 Å². The van der Waals surface area contributed by atoms with Gasteiger partial charge in [0, 0.05) is 22.6 Å². The first-order valence-electron chi connectivity index (χ1n) is 5.89. The van der Waals surface area contributed by atoms with Crippen molar-refractivity contribution < 1.29 is 9.18 Å². The van der Waals surface area contributed by atoms with Gasteiger partial charge in [-0.1, -0.05) is 30.3 Å². The summed E-state index contributed by atoms with van der Waals surface area (Å²) in [4.78, 5) is 15.6. The zero-order chi connectivity index (χ0) is 13.2. The summed E-state index contributed by atoms with van der Waals surface area (Å²) in [6.45, 7) is 0. The monoisotopic (exact) mass is 251 g/mol. The van der Waals surface area contributed by atoms with Gasteiger partial charge >= 0.3 is 0 Å². The molecule has 0 fully saturated rings. The Morgan fingerprint density at radius 3 is 2.53 bits per heavy atom. The van der Waals surface area contributed by atoms with Crippen LogP contribution in [0.1, 0.15) is 10.4 Å². The van der Waals surface area contributed by atoms with E-state index in [-0.39, 0.29) is 5.82 Å². The van der Waals surface area contributed by atoms with Crippen molar-refractivity contribution >= 4 is 17.2 Å². The van der Waals surface area contributed by atoms with E-state index in [1.807, 2.05) is 30.3 Å². The summed E-state index contributed by atoms with van der Waals surface area (Å²) in [7, 11) is 0. The molecular formula is C16H10FNO.